The highest BCUT2D eigenvalue weighted by molar-refractivity contribution is 7.09. The zero-order valence-electron chi connectivity index (χ0n) is 7.78. The second kappa shape index (κ2) is 3.75. The smallest absolute Gasteiger partial charge is 0.251 e. The van der Waals surface area contributed by atoms with E-state index in [4.69, 9.17) is 0 Å². The second-order valence-electron chi connectivity index (χ2n) is 3.08. The van der Waals surface area contributed by atoms with Gasteiger partial charge in [-0.3, -0.25) is 4.79 Å². The summed E-state index contributed by atoms with van der Waals surface area (Å²) in [7, 11) is 0. The Bertz CT molecular complexity index is 473. The van der Waals surface area contributed by atoms with Gasteiger partial charge in [0.15, 0.2) is 0 Å². The molecule has 14 heavy (non-hydrogen) atoms. The van der Waals surface area contributed by atoms with Crippen LogP contribution in [0.2, 0.25) is 0 Å². The Balaban J connectivity index is 2.29. The molecule has 2 rings (SSSR count). The Labute approximate surface area is 85.5 Å². The van der Waals surface area contributed by atoms with Gasteiger partial charge in [0.2, 0.25) is 0 Å². The molecule has 0 saturated carbocycles. The molecule has 4 heteroatoms. The van der Waals surface area contributed by atoms with E-state index in [-0.39, 0.29) is 5.56 Å². The van der Waals surface area contributed by atoms with Crippen LogP contribution in [0.3, 0.4) is 0 Å². The van der Waals surface area contributed by atoms with Crippen LogP contribution in [0.25, 0.3) is 0 Å². The number of thiophene rings is 1. The molecule has 0 spiro atoms. The summed E-state index contributed by atoms with van der Waals surface area (Å²) >= 11 is 1.68. The van der Waals surface area contributed by atoms with Crippen LogP contribution in [0.1, 0.15) is 16.4 Å². The lowest BCUT2D eigenvalue weighted by Gasteiger charge is -1.98. The lowest BCUT2D eigenvalue weighted by molar-refractivity contribution is 0.951. The van der Waals surface area contributed by atoms with Crippen LogP contribution in [-0.2, 0) is 6.42 Å². The molecule has 0 aliphatic heterocycles. The Morgan fingerprint density at radius 1 is 1.57 bits per heavy atom. The number of hydrogen-bond acceptors (Lipinski definition) is 3. The van der Waals surface area contributed by atoms with Gasteiger partial charge < -0.3 is 4.98 Å². The summed E-state index contributed by atoms with van der Waals surface area (Å²) in [5, 5.41) is 2.02. The molecule has 0 radical (unpaired) electrons. The van der Waals surface area contributed by atoms with Crippen molar-refractivity contribution in [2.75, 3.05) is 0 Å². The topological polar surface area (TPSA) is 45.8 Å². The zero-order chi connectivity index (χ0) is 9.97. The summed E-state index contributed by atoms with van der Waals surface area (Å²) in [6, 6.07) is 5.59. The van der Waals surface area contributed by atoms with Crippen LogP contribution in [-0.4, -0.2) is 9.97 Å². The third-order valence-corrected chi connectivity index (χ3v) is 2.72. The Morgan fingerprint density at radius 2 is 2.43 bits per heavy atom. The standard InChI is InChI=1S/C10H10N2OS/c1-7-11-8(6-10(13)12-7)5-9-3-2-4-14-9/h2-4,6H,5H2,1H3,(H,11,12,13). The number of hydrogen-bond donors (Lipinski definition) is 1. The molecule has 2 heterocycles. The highest BCUT2D eigenvalue weighted by Crippen LogP contribution is 2.12. The molecular formula is C10H10N2OS. The van der Waals surface area contributed by atoms with E-state index in [1.807, 2.05) is 17.5 Å². The van der Waals surface area contributed by atoms with Crippen LogP contribution in [0.5, 0.6) is 0 Å². The largest absolute Gasteiger partial charge is 0.311 e. The van der Waals surface area contributed by atoms with Crippen LogP contribution in [0.4, 0.5) is 0 Å². The number of nitrogens with one attached hydrogen (secondary N) is 1. The van der Waals surface area contributed by atoms with Crippen LogP contribution in [0.15, 0.2) is 28.4 Å². The third-order valence-electron chi connectivity index (χ3n) is 1.85. The molecule has 72 valence electrons. The number of nitrogens with zero attached hydrogens (tertiary/aromatic N) is 1. The summed E-state index contributed by atoms with van der Waals surface area (Å²) < 4.78 is 0. The molecule has 0 amide bonds. The minimum atomic E-state index is -0.0796. The van der Waals surface area contributed by atoms with Crippen molar-refractivity contribution in [1.82, 2.24) is 9.97 Å². The highest BCUT2D eigenvalue weighted by Gasteiger charge is 2.00. The van der Waals surface area contributed by atoms with Crippen LogP contribution in [0, 0.1) is 6.92 Å². The molecule has 0 bridgehead atoms. The molecule has 0 saturated heterocycles. The first kappa shape index (κ1) is 9.15. The number of aromatic amines is 1. The van der Waals surface area contributed by atoms with Gasteiger partial charge in [-0.2, -0.15) is 0 Å². The molecule has 1 N–H and O–H groups in total. The van der Waals surface area contributed by atoms with Crippen LogP contribution < -0.4 is 5.56 Å². The van der Waals surface area contributed by atoms with Gasteiger partial charge in [0.25, 0.3) is 5.56 Å². The van der Waals surface area contributed by atoms with E-state index < -0.39 is 0 Å². The Kier molecular flexibility index (Phi) is 2.45. The summed E-state index contributed by atoms with van der Waals surface area (Å²) in [5.41, 5.74) is 0.748. The fourth-order valence-corrected chi connectivity index (χ4v) is 2.04. The van der Waals surface area contributed by atoms with Crippen molar-refractivity contribution < 1.29 is 0 Å². The van der Waals surface area contributed by atoms with E-state index in [2.05, 4.69) is 9.97 Å². The van der Waals surface area contributed by atoms with Gasteiger partial charge in [0.1, 0.15) is 5.82 Å². The predicted molar refractivity (Wildman–Crippen MR) is 56.7 cm³/mol. The molecule has 0 atom stereocenters. The molecule has 0 fully saturated rings. The summed E-state index contributed by atoms with van der Waals surface area (Å²) in [6.45, 7) is 1.79. The first-order valence-electron chi connectivity index (χ1n) is 4.33. The Morgan fingerprint density at radius 3 is 3.07 bits per heavy atom. The lowest BCUT2D eigenvalue weighted by atomic mass is 10.2. The van der Waals surface area contributed by atoms with E-state index in [1.54, 1.807) is 24.3 Å². The van der Waals surface area contributed by atoms with E-state index in [0.717, 1.165) is 12.1 Å². The van der Waals surface area contributed by atoms with Gasteiger partial charge in [-0.05, 0) is 18.4 Å². The van der Waals surface area contributed by atoms with Crippen molar-refractivity contribution in [3.8, 4) is 0 Å². The minimum Gasteiger partial charge on any atom is -0.311 e. The summed E-state index contributed by atoms with van der Waals surface area (Å²) in [5.74, 6) is 0.670. The Hall–Kier alpha value is -1.42. The third kappa shape index (κ3) is 2.09. The summed E-state index contributed by atoms with van der Waals surface area (Å²) in [6.07, 6.45) is 0.739. The van der Waals surface area contributed by atoms with Gasteiger partial charge in [-0.1, -0.05) is 6.07 Å². The molecule has 0 unspecified atom stereocenters. The molecule has 3 nitrogen and oxygen atoms in total. The summed E-state index contributed by atoms with van der Waals surface area (Å²) in [4.78, 5) is 19.3. The van der Waals surface area contributed by atoms with Gasteiger partial charge in [0, 0.05) is 17.4 Å². The number of aromatic nitrogens is 2. The fraction of sp³-hybridized carbons (Fsp3) is 0.200. The van der Waals surface area contributed by atoms with E-state index in [1.165, 1.54) is 4.88 Å². The molecule has 0 aliphatic rings. The van der Waals surface area contributed by atoms with Gasteiger partial charge in [-0.25, -0.2) is 4.98 Å². The highest BCUT2D eigenvalue weighted by atomic mass is 32.1. The maximum absolute atomic E-state index is 11.1. The maximum atomic E-state index is 11.1. The van der Waals surface area contributed by atoms with Crippen molar-refractivity contribution in [2.45, 2.75) is 13.3 Å². The van der Waals surface area contributed by atoms with E-state index in [9.17, 15) is 4.79 Å². The van der Waals surface area contributed by atoms with Crippen LogP contribution >= 0.6 is 11.3 Å². The minimum absolute atomic E-state index is 0.0796. The monoisotopic (exact) mass is 206 g/mol. The maximum Gasteiger partial charge on any atom is 0.251 e. The van der Waals surface area contributed by atoms with Gasteiger partial charge >= 0.3 is 0 Å². The van der Waals surface area contributed by atoms with Crippen molar-refractivity contribution in [3.63, 3.8) is 0 Å². The molecule has 2 aromatic rings. The zero-order valence-corrected chi connectivity index (χ0v) is 8.60. The fourth-order valence-electron chi connectivity index (χ4n) is 1.32. The van der Waals surface area contributed by atoms with Crippen molar-refractivity contribution in [2.24, 2.45) is 0 Å². The molecule has 0 aliphatic carbocycles. The van der Waals surface area contributed by atoms with E-state index >= 15 is 0 Å². The molecule has 0 aromatic carbocycles. The van der Waals surface area contributed by atoms with Crippen molar-refractivity contribution in [1.29, 1.82) is 0 Å². The normalized spacial score (nSPS) is 10.4. The average Bonchev–Trinajstić information content (AvgIpc) is 2.54. The quantitative estimate of drug-likeness (QED) is 0.813. The van der Waals surface area contributed by atoms with Crippen molar-refractivity contribution in [3.05, 3.63) is 50.3 Å². The number of aryl methyl sites for hydroxylation is 1. The first-order chi connectivity index (χ1) is 6.74. The van der Waals surface area contributed by atoms with E-state index in [0.29, 0.717) is 5.82 Å². The number of H-pyrrole nitrogens is 1. The average molecular weight is 206 g/mol. The van der Waals surface area contributed by atoms with Gasteiger partial charge in [-0.15, -0.1) is 11.3 Å². The lowest BCUT2D eigenvalue weighted by Crippen LogP contribution is -2.10. The van der Waals surface area contributed by atoms with Gasteiger partial charge in [0.05, 0.1) is 5.69 Å². The molecular weight excluding hydrogens is 196 g/mol. The number of rotatable bonds is 2. The predicted octanol–water partition coefficient (Wildman–Crippen LogP) is 1.73. The SMILES string of the molecule is Cc1nc(Cc2cccs2)cc(=O)[nH]1. The first-order valence-corrected chi connectivity index (χ1v) is 5.21. The molecule has 2 aromatic heterocycles. The van der Waals surface area contributed by atoms with Crippen molar-refractivity contribution >= 4 is 11.3 Å². The second-order valence-corrected chi connectivity index (χ2v) is 4.11.